The van der Waals surface area contributed by atoms with Crippen molar-refractivity contribution >= 4 is 39.1 Å². The molecule has 0 amide bonds. The van der Waals surface area contributed by atoms with Crippen molar-refractivity contribution in [2.24, 2.45) is 5.92 Å². The molecule has 0 aromatic heterocycles. The van der Waals surface area contributed by atoms with Gasteiger partial charge in [-0.25, -0.2) is 0 Å². The van der Waals surface area contributed by atoms with E-state index in [1.54, 1.807) is 6.07 Å². The van der Waals surface area contributed by atoms with Crippen LogP contribution in [-0.4, -0.2) is 11.7 Å². The smallest absolute Gasteiger partial charge is 0.0624 e. The summed E-state index contributed by atoms with van der Waals surface area (Å²) in [4.78, 5) is 0. The molecule has 2 aromatic rings. The lowest BCUT2D eigenvalue weighted by Gasteiger charge is -2.15. The van der Waals surface area contributed by atoms with Crippen LogP contribution < -0.4 is 0 Å². The van der Waals surface area contributed by atoms with Crippen LogP contribution in [0.15, 0.2) is 46.9 Å². The second-order valence-corrected chi connectivity index (χ2v) is 6.50. The Morgan fingerprint density at radius 3 is 2.35 bits per heavy atom. The lowest BCUT2D eigenvalue weighted by Crippen LogP contribution is -2.13. The summed E-state index contributed by atoms with van der Waals surface area (Å²) < 4.78 is 1.06. The fourth-order valence-corrected chi connectivity index (χ4v) is 2.83. The number of benzene rings is 2. The summed E-state index contributed by atoms with van der Waals surface area (Å²) in [6.45, 7) is 0.124. The Bertz CT molecular complexity index is 569. The maximum atomic E-state index is 9.58. The minimum atomic E-state index is 0.124. The van der Waals surface area contributed by atoms with Gasteiger partial charge >= 0.3 is 0 Å². The molecule has 4 heteroatoms. The van der Waals surface area contributed by atoms with Crippen LogP contribution in [0.1, 0.15) is 11.1 Å². The fraction of sp³-hybridized carbons (Fsp3) is 0.250. The zero-order chi connectivity index (χ0) is 14.5. The van der Waals surface area contributed by atoms with Crippen LogP contribution in [-0.2, 0) is 12.8 Å². The van der Waals surface area contributed by atoms with Crippen molar-refractivity contribution in [3.05, 3.63) is 68.1 Å². The molecule has 1 nitrogen and oxygen atoms in total. The summed E-state index contributed by atoms with van der Waals surface area (Å²) in [7, 11) is 0. The first-order valence-electron chi connectivity index (χ1n) is 6.38. The van der Waals surface area contributed by atoms with E-state index in [2.05, 4.69) is 28.1 Å². The van der Waals surface area contributed by atoms with Gasteiger partial charge in [-0.3, -0.25) is 0 Å². The quantitative estimate of drug-likeness (QED) is 0.768. The lowest BCUT2D eigenvalue weighted by atomic mass is 9.93. The number of aliphatic hydroxyl groups is 1. The summed E-state index contributed by atoms with van der Waals surface area (Å²) >= 11 is 15.6. The predicted molar refractivity (Wildman–Crippen MR) is 88.6 cm³/mol. The first-order chi connectivity index (χ1) is 9.60. The van der Waals surface area contributed by atoms with Crippen molar-refractivity contribution in [2.45, 2.75) is 12.8 Å². The Morgan fingerprint density at radius 2 is 1.70 bits per heavy atom. The Kier molecular flexibility index (Phi) is 5.91. The second kappa shape index (κ2) is 7.46. The van der Waals surface area contributed by atoms with Crippen LogP contribution in [0.2, 0.25) is 10.0 Å². The van der Waals surface area contributed by atoms with E-state index >= 15 is 0 Å². The number of hydrogen-bond acceptors (Lipinski definition) is 1. The highest BCUT2D eigenvalue weighted by Crippen LogP contribution is 2.28. The van der Waals surface area contributed by atoms with Gasteiger partial charge in [0, 0.05) is 11.1 Å². The molecule has 0 aliphatic heterocycles. The maximum absolute atomic E-state index is 9.58. The SMILES string of the molecule is OCC(Cc1ccc(Br)cc1)Cc1cccc(Cl)c1Cl. The molecule has 0 saturated heterocycles. The third-order valence-corrected chi connectivity index (χ3v) is 4.62. The molecular weight excluding hydrogens is 359 g/mol. The molecule has 0 spiro atoms. The summed E-state index contributed by atoms with van der Waals surface area (Å²) in [6, 6.07) is 13.8. The first-order valence-corrected chi connectivity index (χ1v) is 7.93. The predicted octanol–water partition coefficient (Wildman–Crippen LogP) is 5.15. The van der Waals surface area contributed by atoms with Crippen molar-refractivity contribution in [1.29, 1.82) is 0 Å². The molecule has 0 bridgehead atoms. The van der Waals surface area contributed by atoms with E-state index < -0.39 is 0 Å². The van der Waals surface area contributed by atoms with Crippen LogP contribution in [0.3, 0.4) is 0 Å². The molecule has 0 fully saturated rings. The Morgan fingerprint density at radius 1 is 1.00 bits per heavy atom. The molecule has 20 heavy (non-hydrogen) atoms. The van der Waals surface area contributed by atoms with Gasteiger partial charge in [0.1, 0.15) is 0 Å². The zero-order valence-corrected chi connectivity index (χ0v) is 13.9. The third-order valence-electron chi connectivity index (χ3n) is 3.24. The fourth-order valence-electron chi connectivity index (χ4n) is 2.17. The van der Waals surface area contributed by atoms with Crippen LogP contribution in [0.4, 0.5) is 0 Å². The van der Waals surface area contributed by atoms with Gasteiger partial charge in [-0.2, -0.15) is 0 Å². The molecule has 106 valence electrons. The van der Waals surface area contributed by atoms with Gasteiger partial charge in [0.05, 0.1) is 10.0 Å². The molecule has 1 N–H and O–H groups in total. The maximum Gasteiger partial charge on any atom is 0.0624 e. The number of hydrogen-bond donors (Lipinski definition) is 1. The van der Waals surface area contributed by atoms with E-state index in [0.29, 0.717) is 16.5 Å². The molecule has 2 rings (SSSR count). The van der Waals surface area contributed by atoms with Crippen molar-refractivity contribution in [1.82, 2.24) is 0 Å². The highest BCUT2D eigenvalue weighted by molar-refractivity contribution is 9.10. The summed E-state index contributed by atoms with van der Waals surface area (Å²) in [5, 5.41) is 10.7. The van der Waals surface area contributed by atoms with Gasteiger partial charge in [-0.1, -0.05) is 63.4 Å². The van der Waals surface area contributed by atoms with Crippen molar-refractivity contribution in [3.8, 4) is 0 Å². The number of aliphatic hydroxyl groups excluding tert-OH is 1. The van der Waals surface area contributed by atoms with Crippen LogP contribution in [0.5, 0.6) is 0 Å². The molecule has 0 radical (unpaired) electrons. The lowest BCUT2D eigenvalue weighted by molar-refractivity contribution is 0.225. The van der Waals surface area contributed by atoms with Gasteiger partial charge in [0.15, 0.2) is 0 Å². The molecule has 1 atom stereocenters. The van der Waals surface area contributed by atoms with E-state index in [1.807, 2.05) is 24.3 Å². The number of rotatable bonds is 5. The van der Waals surface area contributed by atoms with E-state index in [1.165, 1.54) is 5.56 Å². The monoisotopic (exact) mass is 372 g/mol. The Labute approximate surface area is 137 Å². The van der Waals surface area contributed by atoms with Crippen molar-refractivity contribution in [2.75, 3.05) is 6.61 Å². The molecule has 0 aliphatic carbocycles. The molecule has 0 saturated carbocycles. The average molecular weight is 374 g/mol. The molecule has 1 unspecified atom stereocenters. The summed E-state index contributed by atoms with van der Waals surface area (Å²) in [5.41, 5.74) is 2.18. The van der Waals surface area contributed by atoms with Gasteiger partial charge in [0.25, 0.3) is 0 Å². The average Bonchev–Trinajstić information content (AvgIpc) is 2.45. The molecule has 0 aliphatic rings. The highest BCUT2D eigenvalue weighted by Gasteiger charge is 2.13. The van der Waals surface area contributed by atoms with Gasteiger partial charge in [-0.15, -0.1) is 0 Å². The van der Waals surface area contributed by atoms with Crippen LogP contribution >= 0.6 is 39.1 Å². The van der Waals surface area contributed by atoms with E-state index in [9.17, 15) is 5.11 Å². The largest absolute Gasteiger partial charge is 0.396 e. The van der Waals surface area contributed by atoms with Crippen molar-refractivity contribution in [3.63, 3.8) is 0 Å². The zero-order valence-electron chi connectivity index (χ0n) is 10.8. The Hall–Kier alpha value is -0.540. The normalized spacial score (nSPS) is 12.4. The molecule has 2 aromatic carbocycles. The first kappa shape index (κ1) is 15.8. The van der Waals surface area contributed by atoms with Crippen LogP contribution in [0.25, 0.3) is 0 Å². The minimum Gasteiger partial charge on any atom is -0.396 e. The van der Waals surface area contributed by atoms with Crippen LogP contribution in [0, 0.1) is 5.92 Å². The summed E-state index contributed by atoms with van der Waals surface area (Å²) in [5.74, 6) is 0.132. The van der Waals surface area contributed by atoms with E-state index in [4.69, 9.17) is 23.2 Å². The van der Waals surface area contributed by atoms with Gasteiger partial charge in [-0.05, 0) is 48.1 Å². The third kappa shape index (κ3) is 4.23. The number of halogens is 3. The molecule has 0 heterocycles. The highest BCUT2D eigenvalue weighted by atomic mass is 79.9. The Balaban J connectivity index is 2.09. The van der Waals surface area contributed by atoms with E-state index in [-0.39, 0.29) is 12.5 Å². The molecular formula is C16H15BrCl2O. The van der Waals surface area contributed by atoms with Gasteiger partial charge in [0.2, 0.25) is 0 Å². The van der Waals surface area contributed by atoms with E-state index in [0.717, 1.165) is 16.5 Å². The topological polar surface area (TPSA) is 20.2 Å². The minimum absolute atomic E-state index is 0.124. The standard InChI is InChI=1S/C16H15BrCl2O/c17-14-6-4-11(5-7-14)8-12(10-20)9-13-2-1-3-15(18)16(13)19/h1-7,12,20H,8-10H2. The van der Waals surface area contributed by atoms with Gasteiger partial charge < -0.3 is 5.11 Å². The van der Waals surface area contributed by atoms with Crippen molar-refractivity contribution < 1.29 is 5.11 Å². The summed E-state index contributed by atoms with van der Waals surface area (Å²) in [6.07, 6.45) is 1.53. The second-order valence-electron chi connectivity index (χ2n) is 4.80.